The minimum Gasteiger partial charge on any atom is -0.337 e. The molecule has 1 amide bonds. The van der Waals surface area contributed by atoms with E-state index in [1.54, 1.807) is 34.4 Å². The van der Waals surface area contributed by atoms with Crippen LogP contribution in [0.2, 0.25) is 0 Å². The number of hydrogen-bond acceptors (Lipinski definition) is 6. The molecule has 1 aliphatic heterocycles. The summed E-state index contributed by atoms with van der Waals surface area (Å²) >= 11 is 4.99. The molecule has 0 unspecified atom stereocenters. The van der Waals surface area contributed by atoms with E-state index in [-0.39, 0.29) is 5.91 Å². The molecule has 0 spiro atoms. The zero-order chi connectivity index (χ0) is 16.2. The first kappa shape index (κ1) is 17.0. The summed E-state index contributed by atoms with van der Waals surface area (Å²) in [5.74, 6) is 0.182. The van der Waals surface area contributed by atoms with Gasteiger partial charge in [-0.25, -0.2) is 4.98 Å². The molecule has 3 heterocycles. The highest BCUT2D eigenvalue weighted by Gasteiger charge is 2.21. The number of carbonyl (C=O) groups excluding carboxylic acids is 1. The van der Waals surface area contributed by atoms with E-state index in [4.69, 9.17) is 0 Å². The number of amides is 1. The van der Waals surface area contributed by atoms with Gasteiger partial charge in [0.15, 0.2) is 0 Å². The summed E-state index contributed by atoms with van der Waals surface area (Å²) in [4.78, 5) is 22.5. The van der Waals surface area contributed by atoms with Gasteiger partial charge in [-0.2, -0.15) is 0 Å². The molecule has 2 aromatic rings. The number of carbonyl (C=O) groups is 1. The van der Waals surface area contributed by atoms with Crippen molar-refractivity contribution in [3.63, 3.8) is 0 Å². The van der Waals surface area contributed by atoms with E-state index >= 15 is 0 Å². The van der Waals surface area contributed by atoms with Crippen LogP contribution >= 0.6 is 34.4 Å². The van der Waals surface area contributed by atoms with Crippen LogP contribution in [0.4, 0.5) is 0 Å². The lowest BCUT2D eigenvalue weighted by atomic mass is 10.3. The van der Waals surface area contributed by atoms with Crippen molar-refractivity contribution in [1.29, 1.82) is 0 Å². The first-order chi connectivity index (χ1) is 11.2. The van der Waals surface area contributed by atoms with Gasteiger partial charge in [0, 0.05) is 38.1 Å². The third-order valence-electron chi connectivity index (χ3n) is 3.92. The monoisotopic (exact) mass is 367 g/mol. The quantitative estimate of drug-likeness (QED) is 0.774. The fourth-order valence-corrected chi connectivity index (χ4v) is 4.86. The summed E-state index contributed by atoms with van der Waals surface area (Å²) in [6.45, 7) is 6.53. The summed E-state index contributed by atoms with van der Waals surface area (Å²) in [5.41, 5.74) is 1.15. The lowest BCUT2D eigenvalue weighted by Crippen LogP contribution is -2.34. The molecule has 0 N–H and O–H groups in total. The molecule has 7 heteroatoms. The number of thioether (sulfide) groups is 1. The lowest BCUT2D eigenvalue weighted by Gasteiger charge is -2.21. The van der Waals surface area contributed by atoms with Gasteiger partial charge in [-0.1, -0.05) is 0 Å². The largest absolute Gasteiger partial charge is 0.337 e. The molecule has 3 rings (SSSR count). The van der Waals surface area contributed by atoms with Crippen molar-refractivity contribution in [3.05, 3.63) is 33.1 Å². The molecular formula is C16H21N3OS3. The van der Waals surface area contributed by atoms with E-state index in [2.05, 4.69) is 15.3 Å². The normalized spacial score (nSPS) is 16.5. The van der Waals surface area contributed by atoms with Crippen LogP contribution in [0.5, 0.6) is 0 Å². The molecule has 0 aromatic carbocycles. The molecular weight excluding hydrogens is 346 g/mol. The minimum absolute atomic E-state index is 0.182. The van der Waals surface area contributed by atoms with E-state index in [0.29, 0.717) is 0 Å². The zero-order valence-corrected chi connectivity index (χ0v) is 15.9. The second-order valence-electron chi connectivity index (χ2n) is 5.60. The van der Waals surface area contributed by atoms with Crippen LogP contribution in [-0.2, 0) is 6.54 Å². The predicted octanol–water partition coefficient (Wildman–Crippen LogP) is 3.58. The Hall–Kier alpha value is -0.890. The van der Waals surface area contributed by atoms with Crippen LogP contribution in [0, 0.1) is 6.92 Å². The fraction of sp³-hybridized carbons (Fsp3) is 0.500. The van der Waals surface area contributed by atoms with Crippen LogP contribution in [0.15, 0.2) is 21.7 Å². The van der Waals surface area contributed by atoms with Gasteiger partial charge < -0.3 is 4.90 Å². The second-order valence-corrected chi connectivity index (χ2v) is 8.86. The summed E-state index contributed by atoms with van der Waals surface area (Å²) in [6.07, 6.45) is 3.07. The van der Waals surface area contributed by atoms with E-state index in [1.807, 2.05) is 30.2 Å². The van der Waals surface area contributed by atoms with Crippen LogP contribution in [0.3, 0.4) is 0 Å². The number of thiophene rings is 1. The number of hydrogen-bond donors (Lipinski definition) is 0. The van der Waals surface area contributed by atoms with Gasteiger partial charge in [-0.15, -0.1) is 34.4 Å². The van der Waals surface area contributed by atoms with Crippen molar-refractivity contribution in [2.24, 2.45) is 0 Å². The molecule has 1 fully saturated rings. The molecule has 0 bridgehead atoms. The summed E-state index contributed by atoms with van der Waals surface area (Å²) in [6, 6.07) is 4.00. The Labute approximate surface area is 149 Å². The number of nitrogens with zero attached hydrogens (tertiary/aromatic N) is 3. The van der Waals surface area contributed by atoms with Crippen LogP contribution < -0.4 is 0 Å². The SMILES string of the molecule is CSc1ccc(C(=O)N2CCCN(Cc3csc(C)n3)CC2)s1. The predicted molar refractivity (Wildman–Crippen MR) is 98.7 cm³/mol. The average Bonchev–Trinajstić information content (AvgIpc) is 3.12. The van der Waals surface area contributed by atoms with Gasteiger partial charge >= 0.3 is 0 Å². The smallest absolute Gasteiger partial charge is 0.264 e. The van der Waals surface area contributed by atoms with Gasteiger partial charge in [0.25, 0.3) is 5.91 Å². The fourth-order valence-electron chi connectivity index (χ4n) is 2.74. The number of thiazole rings is 1. The Balaban J connectivity index is 1.58. The van der Waals surface area contributed by atoms with Gasteiger partial charge in [0.2, 0.25) is 0 Å². The van der Waals surface area contributed by atoms with Gasteiger partial charge in [0.05, 0.1) is 19.8 Å². The average molecular weight is 368 g/mol. The maximum absolute atomic E-state index is 12.6. The summed E-state index contributed by atoms with van der Waals surface area (Å²) in [7, 11) is 0. The van der Waals surface area contributed by atoms with Crippen LogP contribution in [0.25, 0.3) is 0 Å². The van der Waals surface area contributed by atoms with Crippen molar-refractivity contribution in [3.8, 4) is 0 Å². The van der Waals surface area contributed by atoms with Crippen molar-refractivity contribution >= 4 is 40.3 Å². The third-order valence-corrected chi connectivity index (χ3v) is 6.90. The molecule has 0 radical (unpaired) electrons. The Kier molecular flexibility index (Phi) is 5.74. The summed E-state index contributed by atoms with van der Waals surface area (Å²) in [5, 5.41) is 3.26. The van der Waals surface area contributed by atoms with E-state index in [9.17, 15) is 4.79 Å². The Bertz CT molecular complexity index is 667. The second kappa shape index (κ2) is 7.79. The summed E-state index contributed by atoms with van der Waals surface area (Å²) < 4.78 is 1.20. The van der Waals surface area contributed by atoms with Gasteiger partial charge in [0.1, 0.15) is 0 Å². The first-order valence-electron chi connectivity index (χ1n) is 7.72. The molecule has 1 saturated heterocycles. The Morgan fingerprint density at radius 2 is 2.17 bits per heavy atom. The zero-order valence-electron chi connectivity index (χ0n) is 13.4. The molecule has 1 aliphatic rings. The van der Waals surface area contributed by atoms with Gasteiger partial charge in [-0.05, 0) is 31.7 Å². The highest BCUT2D eigenvalue weighted by atomic mass is 32.2. The number of aromatic nitrogens is 1. The standard InChI is InChI=1S/C16H21N3OS3/c1-12-17-13(11-22-12)10-18-6-3-7-19(9-8-18)16(20)14-4-5-15(21-2)23-14/h4-5,11H,3,6-10H2,1-2H3. The van der Waals surface area contributed by atoms with Crippen molar-refractivity contribution in [1.82, 2.24) is 14.8 Å². The molecule has 4 nitrogen and oxygen atoms in total. The maximum atomic E-state index is 12.6. The Morgan fingerprint density at radius 1 is 1.30 bits per heavy atom. The van der Waals surface area contributed by atoms with E-state index in [1.165, 1.54) is 4.21 Å². The topological polar surface area (TPSA) is 36.4 Å². The van der Waals surface area contributed by atoms with Crippen molar-refractivity contribution in [2.45, 2.75) is 24.1 Å². The van der Waals surface area contributed by atoms with E-state index < -0.39 is 0 Å². The van der Waals surface area contributed by atoms with Crippen LogP contribution in [-0.4, -0.2) is 53.1 Å². The molecule has 0 aliphatic carbocycles. The minimum atomic E-state index is 0.182. The molecule has 2 aromatic heterocycles. The maximum Gasteiger partial charge on any atom is 0.264 e. The molecule has 0 atom stereocenters. The molecule has 23 heavy (non-hydrogen) atoms. The number of rotatable bonds is 4. The molecule has 0 saturated carbocycles. The van der Waals surface area contributed by atoms with Gasteiger partial charge in [-0.3, -0.25) is 9.69 Å². The van der Waals surface area contributed by atoms with Crippen molar-refractivity contribution in [2.75, 3.05) is 32.4 Å². The van der Waals surface area contributed by atoms with E-state index in [0.717, 1.165) is 54.7 Å². The first-order valence-corrected chi connectivity index (χ1v) is 10.6. The van der Waals surface area contributed by atoms with Crippen molar-refractivity contribution < 1.29 is 4.79 Å². The highest BCUT2D eigenvalue weighted by Crippen LogP contribution is 2.26. The van der Waals surface area contributed by atoms with Crippen LogP contribution in [0.1, 0.15) is 26.8 Å². The highest BCUT2D eigenvalue weighted by molar-refractivity contribution is 8.00. The Morgan fingerprint density at radius 3 is 2.87 bits per heavy atom. The molecule has 124 valence electrons. The number of aryl methyl sites for hydroxylation is 1. The lowest BCUT2D eigenvalue weighted by molar-refractivity contribution is 0.0766. The third kappa shape index (κ3) is 4.35.